The molecule has 0 spiro atoms. The van der Waals surface area contributed by atoms with Crippen molar-refractivity contribution in [3.63, 3.8) is 0 Å². The van der Waals surface area contributed by atoms with Crippen LogP contribution in [-0.4, -0.2) is 21.0 Å². The van der Waals surface area contributed by atoms with Gasteiger partial charge in [0.1, 0.15) is 16.5 Å². The molecular formula is C17H8ClFN2O3. The van der Waals surface area contributed by atoms with E-state index in [4.69, 9.17) is 16.0 Å². The summed E-state index contributed by atoms with van der Waals surface area (Å²) >= 11 is 5.87. The average molecular weight is 343 g/mol. The van der Waals surface area contributed by atoms with Gasteiger partial charge in [0, 0.05) is 0 Å². The molecule has 118 valence electrons. The molecule has 0 aliphatic carbocycles. The number of hydrogen-bond acceptors (Lipinski definition) is 4. The Morgan fingerprint density at radius 3 is 2.62 bits per heavy atom. The van der Waals surface area contributed by atoms with Crippen molar-refractivity contribution in [3.05, 3.63) is 59.0 Å². The second-order valence-corrected chi connectivity index (χ2v) is 5.49. The smallest absolute Gasteiger partial charge is 0.336 e. The average Bonchev–Trinajstić information content (AvgIpc) is 2.98. The highest BCUT2D eigenvalue weighted by Crippen LogP contribution is 2.33. The van der Waals surface area contributed by atoms with Crippen LogP contribution in [0.1, 0.15) is 10.4 Å². The van der Waals surface area contributed by atoms with Crippen LogP contribution in [0.25, 0.3) is 33.5 Å². The molecule has 0 bridgehead atoms. The van der Waals surface area contributed by atoms with Gasteiger partial charge in [-0.15, -0.1) is 0 Å². The van der Waals surface area contributed by atoms with E-state index >= 15 is 0 Å². The lowest BCUT2D eigenvalue weighted by Crippen LogP contribution is -1.99. The van der Waals surface area contributed by atoms with Gasteiger partial charge in [0.15, 0.2) is 5.58 Å². The van der Waals surface area contributed by atoms with Crippen molar-refractivity contribution >= 4 is 39.6 Å². The Kier molecular flexibility index (Phi) is 3.21. The molecule has 0 radical (unpaired) electrons. The number of carboxylic acid groups (broad SMARTS) is 1. The molecule has 2 aromatic heterocycles. The summed E-state index contributed by atoms with van der Waals surface area (Å²) in [5.74, 6) is -1.57. The number of carbonyl (C=O) groups is 1. The quantitative estimate of drug-likeness (QED) is 0.541. The lowest BCUT2D eigenvalue weighted by atomic mass is 10.1. The summed E-state index contributed by atoms with van der Waals surface area (Å²) < 4.78 is 19.6. The molecule has 2 aromatic carbocycles. The zero-order valence-corrected chi connectivity index (χ0v) is 12.7. The first-order chi connectivity index (χ1) is 11.5. The highest BCUT2D eigenvalue weighted by molar-refractivity contribution is 6.30. The Morgan fingerprint density at radius 1 is 1.12 bits per heavy atom. The summed E-state index contributed by atoms with van der Waals surface area (Å²) in [6.45, 7) is 0. The number of hydrogen-bond donors (Lipinski definition) is 1. The van der Waals surface area contributed by atoms with Crippen LogP contribution in [-0.2, 0) is 0 Å². The maximum atomic E-state index is 14.0. The Bertz CT molecular complexity index is 1120. The number of aromatic nitrogens is 2. The van der Waals surface area contributed by atoms with E-state index in [1.54, 1.807) is 24.3 Å². The second kappa shape index (κ2) is 5.28. The maximum Gasteiger partial charge on any atom is 0.336 e. The van der Waals surface area contributed by atoms with Gasteiger partial charge in [0.05, 0.1) is 22.0 Å². The minimum atomic E-state index is -1.17. The van der Waals surface area contributed by atoms with Gasteiger partial charge in [-0.2, -0.15) is 0 Å². The van der Waals surface area contributed by atoms with E-state index in [1.165, 1.54) is 18.2 Å². The number of fused-ring (bicyclic) bond motifs is 3. The third kappa shape index (κ3) is 2.19. The first-order valence-corrected chi connectivity index (χ1v) is 7.30. The molecule has 24 heavy (non-hydrogen) atoms. The molecule has 0 atom stereocenters. The van der Waals surface area contributed by atoms with E-state index in [2.05, 4.69) is 9.97 Å². The number of aromatic carboxylic acids is 1. The summed E-state index contributed by atoms with van der Waals surface area (Å²) in [5.41, 5.74) is 1.15. The summed E-state index contributed by atoms with van der Waals surface area (Å²) in [6, 6.07) is 10.5. The third-order valence-electron chi connectivity index (χ3n) is 3.63. The molecule has 0 fully saturated rings. The van der Waals surface area contributed by atoms with Gasteiger partial charge in [0.2, 0.25) is 5.89 Å². The Hall–Kier alpha value is -2.99. The number of nitrogens with zero attached hydrogens (tertiary/aromatic N) is 2. The number of rotatable bonds is 2. The molecule has 1 N–H and O–H groups in total. The minimum Gasteiger partial charge on any atom is -0.478 e. The molecule has 0 saturated heterocycles. The SMILES string of the molecule is O=C(O)c1cc(Cl)nc2ccc3nc(-c4ccccc4F)oc3c12. The fourth-order valence-corrected chi connectivity index (χ4v) is 2.79. The molecule has 0 aliphatic heterocycles. The van der Waals surface area contributed by atoms with Gasteiger partial charge in [0.25, 0.3) is 0 Å². The number of benzene rings is 2. The van der Waals surface area contributed by atoms with Crippen molar-refractivity contribution in [2.24, 2.45) is 0 Å². The molecule has 0 amide bonds. The van der Waals surface area contributed by atoms with Gasteiger partial charge in [-0.1, -0.05) is 23.7 Å². The van der Waals surface area contributed by atoms with E-state index in [9.17, 15) is 14.3 Å². The van der Waals surface area contributed by atoms with Crippen molar-refractivity contribution in [2.45, 2.75) is 0 Å². The molecule has 7 heteroatoms. The van der Waals surface area contributed by atoms with Crippen molar-refractivity contribution in [3.8, 4) is 11.5 Å². The molecule has 0 aliphatic rings. The van der Waals surface area contributed by atoms with Crippen molar-refractivity contribution < 1.29 is 18.7 Å². The lowest BCUT2D eigenvalue weighted by Gasteiger charge is -2.03. The van der Waals surface area contributed by atoms with Gasteiger partial charge < -0.3 is 9.52 Å². The van der Waals surface area contributed by atoms with Gasteiger partial charge in [-0.05, 0) is 30.3 Å². The van der Waals surface area contributed by atoms with Crippen LogP contribution < -0.4 is 0 Å². The van der Waals surface area contributed by atoms with Crippen molar-refractivity contribution in [1.82, 2.24) is 9.97 Å². The fourth-order valence-electron chi connectivity index (χ4n) is 2.59. The summed E-state index contributed by atoms with van der Waals surface area (Å²) in [7, 11) is 0. The zero-order chi connectivity index (χ0) is 16.8. The largest absolute Gasteiger partial charge is 0.478 e. The molecule has 5 nitrogen and oxygen atoms in total. The second-order valence-electron chi connectivity index (χ2n) is 5.10. The third-order valence-corrected chi connectivity index (χ3v) is 3.82. The molecular weight excluding hydrogens is 335 g/mol. The number of pyridine rings is 1. The van der Waals surface area contributed by atoms with E-state index in [0.717, 1.165) is 0 Å². The standard InChI is InChI=1S/C17H8ClFN2O3/c18-13-7-9(17(22)23)14-11(20-13)5-6-12-15(14)24-16(21-12)8-3-1-2-4-10(8)19/h1-7H,(H,22,23). The van der Waals surface area contributed by atoms with Gasteiger partial charge >= 0.3 is 5.97 Å². The van der Waals surface area contributed by atoms with Crippen LogP contribution in [0.15, 0.2) is 46.9 Å². The maximum absolute atomic E-state index is 14.0. The highest BCUT2D eigenvalue weighted by atomic mass is 35.5. The predicted octanol–water partition coefficient (Wildman–Crippen LogP) is 4.53. The fraction of sp³-hybridized carbons (Fsp3) is 0. The Morgan fingerprint density at radius 2 is 1.88 bits per heavy atom. The zero-order valence-electron chi connectivity index (χ0n) is 12.0. The van der Waals surface area contributed by atoms with Crippen LogP contribution in [0.2, 0.25) is 5.15 Å². The number of halogens is 2. The van der Waals surface area contributed by atoms with Crippen LogP contribution >= 0.6 is 11.6 Å². The summed E-state index contributed by atoms with van der Waals surface area (Å²) in [6.07, 6.45) is 0. The molecule has 2 heterocycles. The highest BCUT2D eigenvalue weighted by Gasteiger charge is 2.19. The van der Waals surface area contributed by atoms with Crippen molar-refractivity contribution in [1.29, 1.82) is 0 Å². The summed E-state index contributed by atoms with van der Waals surface area (Å²) in [4.78, 5) is 19.9. The van der Waals surface area contributed by atoms with Gasteiger partial charge in [-0.3, -0.25) is 0 Å². The van der Waals surface area contributed by atoms with Crippen molar-refractivity contribution in [2.75, 3.05) is 0 Å². The van der Waals surface area contributed by atoms with E-state index in [0.29, 0.717) is 11.0 Å². The Balaban J connectivity index is 2.09. The van der Waals surface area contributed by atoms with Crippen LogP contribution in [0.4, 0.5) is 4.39 Å². The van der Waals surface area contributed by atoms with E-state index < -0.39 is 11.8 Å². The topological polar surface area (TPSA) is 76.2 Å². The first kappa shape index (κ1) is 14.6. The predicted molar refractivity (Wildman–Crippen MR) is 86.7 cm³/mol. The van der Waals surface area contributed by atoms with Crippen LogP contribution in [0, 0.1) is 5.82 Å². The van der Waals surface area contributed by atoms with E-state index in [-0.39, 0.29) is 33.1 Å². The molecule has 4 aromatic rings. The van der Waals surface area contributed by atoms with Crippen LogP contribution in [0.3, 0.4) is 0 Å². The molecule has 0 saturated carbocycles. The Labute approximate surface area is 139 Å². The number of oxazole rings is 1. The molecule has 4 rings (SSSR count). The first-order valence-electron chi connectivity index (χ1n) is 6.92. The van der Waals surface area contributed by atoms with Gasteiger partial charge in [-0.25, -0.2) is 19.2 Å². The van der Waals surface area contributed by atoms with Crippen LogP contribution in [0.5, 0.6) is 0 Å². The molecule has 0 unspecified atom stereocenters. The monoisotopic (exact) mass is 342 g/mol. The summed E-state index contributed by atoms with van der Waals surface area (Å²) in [5, 5.41) is 9.77. The van der Waals surface area contributed by atoms with E-state index in [1.807, 2.05) is 0 Å². The lowest BCUT2D eigenvalue weighted by molar-refractivity contribution is 0.0699. The minimum absolute atomic E-state index is 0.0492. The normalized spacial score (nSPS) is 11.2. The number of carboxylic acids is 1.